The average molecular weight is 482 g/mol. The van der Waals surface area contributed by atoms with Gasteiger partial charge in [-0.2, -0.15) is 0 Å². The predicted molar refractivity (Wildman–Crippen MR) is 86.7 cm³/mol. The first kappa shape index (κ1) is 14.0. The number of anilines is 1. The van der Waals surface area contributed by atoms with Crippen molar-refractivity contribution in [1.29, 1.82) is 0 Å². The molecule has 0 spiro atoms. The molecule has 1 N–H and O–H groups in total. The highest BCUT2D eigenvalue weighted by Gasteiger charge is 2.12. The first-order valence-electron chi connectivity index (χ1n) is 4.95. The Balaban J connectivity index is 2.28. The van der Waals surface area contributed by atoms with E-state index < -0.39 is 0 Å². The van der Waals surface area contributed by atoms with Crippen LogP contribution in [0.5, 0.6) is 0 Å². The number of amides is 1. The minimum absolute atomic E-state index is 0.158. The fourth-order valence-electron chi connectivity index (χ4n) is 1.34. The largest absolute Gasteiger partial charge is 0.320 e. The van der Waals surface area contributed by atoms with Crippen LogP contribution in [0, 0.1) is 3.57 Å². The lowest BCUT2D eigenvalue weighted by atomic mass is 10.2. The van der Waals surface area contributed by atoms with Crippen LogP contribution in [0.1, 0.15) is 10.4 Å². The van der Waals surface area contributed by atoms with E-state index in [0.717, 1.165) is 8.04 Å². The highest BCUT2D eigenvalue weighted by atomic mass is 127. The Morgan fingerprint density at radius 2 is 2.06 bits per heavy atom. The van der Waals surface area contributed by atoms with Gasteiger partial charge in [-0.15, -0.1) is 0 Å². The van der Waals surface area contributed by atoms with Crippen molar-refractivity contribution in [3.63, 3.8) is 0 Å². The number of nitrogens with one attached hydrogen (secondary N) is 1. The maximum Gasteiger partial charge on any atom is 0.256 e. The summed E-state index contributed by atoms with van der Waals surface area (Å²) in [5.41, 5.74) is 1.28. The minimum atomic E-state index is -0.158. The molecule has 0 saturated heterocycles. The Kier molecular flexibility index (Phi) is 4.74. The van der Waals surface area contributed by atoms with Crippen LogP contribution >= 0.6 is 54.5 Å². The highest BCUT2D eigenvalue weighted by molar-refractivity contribution is 14.1. The molecule has 92 valence electrons. The number of carbonyl (C=O) groups excluding carboxylic acids is 1. The number of benzene rings is 1. The highest BCUT2D eigenvalue weighted by Crippen LogP contribution is 2.22. The van der Waals surface area contributed by atoms with Crippen molar-refractivity contribution in [2.75, 3.05) is 5.32 Å². The van der Waals surface area contributed by atoms with E-state index in [1.54, 1.807) is 24.4 Å². The van der Waals surface area contributed by atoms with Crippen molar-refractivity contribution >= 4 is 66.0 Å². The molecule has 2 rings (SSSR count). The summed E-state index contributed by atoms with van der Waals surface area (Å²) in [6, 6.07) is 9.14. The van der Waals surface area contributed by atoms with Gasteiger partial charge in [0.2, 0.25) is 0 Å². The van der Waals surface area contributed by atoms with Crippen LogP contribution in [-0.2, 0) is 0 Å². The predicted octanol–water partition coefficient (Wildman–Crippen LogP) is 4.46. The van der Waals surface area contributed by atoms with E-state index in [1.165, 1.54) is 0 Å². The zero-order chi connectivity index (χ0) is 13.1. The molecule has 18 heavy (non-hydrogen) atoms. The molecule has 0 saturated carbocycles. The third-order valence-corrected chi connectivity index (χ3v) is 4.25. The molecule has 3 nitrogen and oxygen atoms in total. The third kappa shape index (κ3) is 3.30. The Morgan fingerprint density at radius 3 is 2.78 bits per heavy atom. The molecule has 6 heteroatoms. The number of carbonyl (C=O) groups is 1. The van der Waals surface area contributed by atoms with E-state index in [2.05, 4.69) is 64.8 Å². The van der Waals surface area contributed by atoms with Crippen molar-refractivity contribution in [1.82, 2.24) is 4.98 Å². The van der Waals surface area contributed by atoms with Crippen LogP contribution in [0.3, 0.4) is 0 Å². The van der Waals surface area contributed by atoms with Crippen LogP contribution < -0.4 is 5.32 Å². The molecule has 1 aromatic carbocycles. The van der Waals surface area contributed by atoms with Crippen LogP contribution in [-0.4, -0.2) is 10.9 Å². The van der Waals surface area contributed by atoms with Gasteiger partial charge in [0.05, 0.1) is 11.3 Å². The number of hydrogen-bond donors (Lipinski definition) is 1. The molecule has 0 radical (unpaired) electrons. The molecule has 1 heterocycles. The van der Waals surface area contributed by atoms with Gasteiger partial charge in [0, 0.05) is 14.2 Å². The Bertz CT molecular complexity index is 604. The fraction of sp³-hybridized carbons (Fsp3) is 0. The van der Waals surface area contributed by atoms with Crippen LogP contribution in [0.2, 0.25) is 0 Å². The van der Waals surface area contributed by atoms with E-state index in [9.17, 15) is 4.79 Å². The van der Waals surface area contributed by atoms with Crippen molar-refractivity contribution in [2.24, 2.45) is 0 Å². The first-order chi connectivity index (χ1) is 8.58. The third-order valence-electron chi connectivity index (χ3n) is 2.18. The fourth-order valence-corrected chi connectivity index (χ4v) is 2.63. The van der Waals surface area contributed by atoms with Gasteiger partial charge in [-0.25, -0.2) is 4.98 Å². The van der Waals surface area contributed by atoms with E-state index in [1.807, 2.05) is 12.1 Å². The van der Waals surface area contributed by atoms with Gasteiger partial charge in [-0.05, 0) is 68.9 Å². The number of pyridine rings is 1. The summed E-state index contributed by atoms with van der Waals surface area (Å²) in [4.78, 5) is 16.2. The van der Waals surface area contributed by atoms with Gasteiger partial charge < -0.3 is 5.32 Å². The minimum Gasteiger partial charge on any atom is -0.320 e. The second kappa shape index (κ2) is 6.12. The number of aromatic nitrogens is 1. The first-order valence-corrected chi connectivity index (χ1v) is 7.61. The van der Waals surface area contributed by atoms with Gasteiger partial charge in [0.1, 0.15) is 4.60 Å². The second-order valence-electron chi connectivity index (χ2n) is 3.42. The van der Waals surface area contributed by atoms with Crippen LogP contribution in [0.25, 0.3) is 0 Å². The summed E-state index contributed by atoms with van der Waals surface area (Å²) >= 11 is 8.79. The standard InChI is InChI=1S/C12H7Br2IN2O/c13-7-3-4-9(15)8(6-7)12(18)17-10-2-1-5-16-11(10)14/h1-6H,(H,17,18). The zero-order valence-corrected chi connectivity index (χ0v) is 14.3. The summed E-state index contributed by atoms with van der Waals surface area (Å²) in [6.07, 6.45) is 1.66. The topological polar surface area (TPSA) is 42.0 Å². The number of nitrogens with zero attached hydrogens (tertiary/aromatic N) is 1. The summed E-state index contributed by atoms with van der Waals surface area (Å²) in [5.74, 6) is -0.158. The smallest absolute Gasteiger partial charge is 0.256 e. The molecule has 2 aromatic rings. The molecule has 1 aromatic heterocycles. The Hall–Kier alpha value is -0.470. The molecule has 0 unspecified atom stereocenters. The quantitative estimate of drug-likeness (QED) is 0.508. The average Bonchev–Trinajstić information content (AvgIpc) is 2.35. The van der Waals surface area contributed by atoms with Gasteiger partial charge in [-0.1, -0.05) is 15.9 Å². The van der Waals surface area contributed by atoms with Crippen molar-refractivity contribution in [3.05, 3.63) is 54.7 Å². The summed E-state index contributed by atoms with van der Waals surface area (Å²) < 4.78 is 2.38. The molecule has 0 aliphatic heterocycles. The Labute approximate surface area is 135 Å². The number of rotatable bonds is 2. The lowest BCUT2D eigenvalue weighted by Crippen LogP contribution is -2.14. The molecule has 1 amide bonds. The van der Waals surface area contributed by atoms with Crippen LogP contribution in [0.4, 0.5) is 5.69 Å². The summed E-state index contributed by atoms with van der Waals surface area (Å²) in [5, 5.41) is 2.82. The van der Waals surface area contributed by atoms with Gasteiger partial charge in [0.15, 0.2) is 0 Å². The number of hydrogen-bond acceptors (Lipinski definition) is 2. The molecule has 0 atom stereocenters. The molecular formula is C12H7Br2IN2O. The van der Waals surface area contributed by atoms with Gasteiger partial charge in [0.25, 0.3) is 5.91 Å². The Morgan fingerprint density at radius 1 is 1.28 bits per heavy atom. The molecule has 0 aliphatic rings. The van der Waals surface area contributed by atoms with E-state index >= 15 is 0 Å². The molecular weight excluding hydrogens is 475 g/mol. The summed E-state index contributed by atoms with van der Waals surface area (Å²) in [6.45, 7) is 0. The molecule has 0 aliphatic carbocycles. The molecule has 0 bridgehead atoms. The lowest BCUT2D eigenvalue weighted by molar-refractivity contribution is 0.102. The van der Waals surface area contributed by atoms with Crippen molar-refractivity contribution in [3.8, 4) is 0 Å². The van der Waals surface area contributed by atoms with Crippen LogP contribution in [0.15, 0.2) is 45.6 Å². The van der Waals surface area contributed by atoms with E-state index in [4.69, 9.17) is 0 Å². The lowest BCUT2D eigenvalue weighted by Gasteiger charge is -2.08. The maximum atomic E-state index is 12.2. The SMILES string of the molecule is O=C(Nc1cccnc1Br)c1cc(Br)ccc1I. The molecule has 0 fully saturated rings. The van der Waals surface area contributed by atoms with E-state index in [-0.39, 0.29) is 5.91 Å². The number of halogens is 3. The normalized spacial score (nSPS) is 10.2. The monoisotopic (exact) mass is 480 g/mol. The maximum absolute atomic E-state index is 12.2. The van der Waals surface area contributed by atoms with E-state index in [0.29, 0.717) is 15.9 Å². The van der Waals surface area contributed by atoms with Crippen molar-refractivity contribution in [2.45, 2.75) is 0 Å². The van der Waals surface area contributed by atoms with Gasteiger partial charge >= 0.3 is 0 Å². The van der Waals surface area contributed by atoms with Crippen molar-refractivity contribution < 1.29 is 4.79 Å². The zero-order valence-electron chi connectivity index (χ0n) is 8.95. The summed E-state index contributed by atoms with van der Waals surface area (Å²) in [7, 11) is 0. The van der Waals surface area contributed by atoms with Gasteiger partial charge in [-0.3, -0.25) is 4.79 Å². The second-order valence-corrected chi connectivity index (χ2v) is 6.25.